The summed E-state index contributed by atoms with van der Waals surface area (Å²) >= 11 is 0. The third-order valence-electron chi connectivity index (χ3n) is 3.43. The van der Waals surface area contributed by atoms with Crippen molar-refractivity contribution in [2.75, 3.05) is 0 Å². The summed E-state index contributed by atoms with van der Waals surface area (Å²) in [5, 5.41) is 4.21. The molecule has 1 rings (SSSR count). The van der Waals surface area contributed by atoms with Crippen LogP contribution in [0.1, 0.15) is 67.4 Å². The molecule has 0 amide bonds. The molecular weight excluding hydrogens is 312 g/mol. The Morgan fingerprint density at radius 1 is 1.00 bits per heavy atom. The number of hydrogen-bond donors (Lipinski definition) is 0. The van der Waals surface area contributed by atoms with Crippen molar-refractivity contribution in [3.05, 3.63) is 34.9 Å². The van der Waals surface area contributed by atoms with E-state index in [-0.39, 0.29) is 6.10 Å². The molecule has 1 unspecified atom stereocenters. The van der Waals surface area contributed by atoms with Gasteiger partial charge in [0, 0.05) is 0 Å². The molecule has 0 aliphatic heterocycles. The van der Waals surface area contributed by atoms with E-state index in [0.29, 0.717) is 5.56 Å². The molecule has 0 aliphatic carbocycles. The lowest BCUT2D eigenvalue weighted by atomic mass is 10.1. The second-order valence-electron chi connectivity index (χ2n) is 5.93. The average Bonchev–Trinajstić information content (AvgIpc) is 2.50. The quantitative estimate of drug-likeness (QED) is 0.278. The van der Waals surface area contributed by atoms with Crippen LogP contribution in [-0.4, -0.2) is 18.2 Å². The van der Waals surface area contributed by atoms with Gasteiger partial charge in [-0.15, -0.1) is 0 Å². The lowest BCUT2D eigenvalue weighted by molar-refractivity contribution is -0.452. The Labute approximate surface area is 142 Å². The molecule has 0 saturated heterocycles. The number of carbonyl (C=O) groups excluding carboxylic acids is 2. The summed E-state index contributed by atoms with van der Waals surface area (Å²) in [6.45, 7) is 7.63. The van der Waals surface area contributed by atoms with Crippen LogP contribution in [-0.2, 0) is 19.6 Å². The maximum atomic E-state index is 11.8. The van der Waals surface area contributed by atoms with Gasteiger partial charge < -0.3 is 4.74 Å². The number of hydrogen-bond acceptors (Lipinski definition) is 6. The van der Waals surface area contributed by atoms with E-state index in [4.69, 9.17) is 4.74 Å². The first kappa shape index (κ1) is 20.0. The highest BCUT2D eigenvalue weighted by Crippen LogP contribution is 2.11. The number of benzene rings is 1. The molecule has 1 aromatic rings. The Morgan fingerprint density at radius 3 is 2.29 bits per heavy atom. The Kier molecular flexibility index (Phi) is 8.86. The van der Waals surface area contributed by atoms with Gasteiger partial charge in [-0.2, -0.15) is 0 Å². The molecule has 0 aliphatic rings. The van der Waals surface area contributed by atoms with Crippen molar-refractivity contribution >= 4 is 12.1 Å². The number of unbranched alkanes of at least 4 members (excludes halogenated alkanes) is 3. The lowest BCUT2D eigenvalue weighted by Crippen LogP contribution is -2.17. The average molecular weight is 338 g/mol. The topological polar surface area (TPSA) is 71.1 Å². The molecule has 24 heavy (non-hydrogen) atoms. The van der Waals surface area contributed by atoms with Crippen molar-refractivity contribution in [2.24, 2.45) is 0 Å². The van der Waals surface area contributed by atoms with E-state index < -0.39 is 12.1 Å². The van der Waals surface area contributed by atoms with Crippen LogP contribution >= 0.6 is 0 Å². The molecule has 1 aromatic carbocycles. The van der Waals surface area contributed by atoms with Gasteiger partial charge in [0.2, 0.25) is 0 Å². The van der Waals surface area contributed by atoms with E-state index in [9.17, 15) is 9.59 Å². The first-order chi connectivity index (χ1) is 11.4. The number of ether oxygens (including phenoxy) is 1. The van der Waals surface area contributed by atoms with E-state index in [1.54, 1.807) is 19.1 Å². The fraction of sp³-hybridized carbons (Fsp3) is 0.556. The zero-order chi connectivity index (χ0) is 17.9. The molecule has 0 fully saturated rings. The smallest absolute Gasteiger partial charge is 0.429 e. The highest BCUT2D eigenvalue weighted by Gasteiger charge is 2.15. The Bertz CT molecular complexity index is 520. The molecular formula is C18H26O6. The van der Waals surface area contributed by atoms with Crippen LogP contribution in [0.4, 0.5) is 4.79 Å². The molecule has 0 radical (unpaired) electrons. The van der Waals surface area contributed by atoms with Crippen LogP contribution in [0.25, 0.3) is 0 Å². The van der Waals surface area contributed by atoms with Gasteiger partial charge in [-0.05, 0) is 45.7 Å². The van der Waals surface area contributed by atoms with Gasteiger partial charge in [-0.25, -0.2) is 14.5 Å². The minimum absolute atomic E-state index is 0.284. The van der Waals surface area contributed by atoms with Gasteiger partial charge in [0.1, 0.15) is 6.10 Å². The molecule has 134 valence electrons. The normalized spacial score (nSPS) is 11.7. The van der Waals surface area contributed by atoms with Gasteiger partial charge in [-0.1, -0.05) is 43.4 Å². The van der Waals surface area contributed by atoms with Crippen molar-refractivity contribution in [2.45, 2.75) is 65.9 Å². The first-order valence-corrected chi connectivity index (χ1v) is 8.26. The van der Waals surface area contributed by atoms with E-state index in [1.165, 1.54) is 0 Å². The molecule has 0 saturated carbocycles. The van der Waals surface area contributed by atoms with Crippen molar-refractivity contribution in [1.29, 1.82) is 0 Å². The van der Waals surface area contributed by atoms with Gasteiger partial charge >= 0.3 is 12.1 Å². The zero-order valence-corrected chi connectivity index (χ0v) is 14.8. The van der Waals surface area contributed by atoms with Gasteiger partial charge in [0.05, 0.1) is 10.6 Å². The second-order valence-corrected chi connectivity index (χ2v) is 5.93. The lowest BCUT2D eigenvalue weighted by Gasteiger charge is -2.11. The monoisotopic (exact) mass is 338 g/mol. The summed E-state index contributed by atoms with van der Waals surface area (Å²) in [7, 11) is 0. The highest BCUT2D eigenvalue weighted by atomic mass is 17.5. The fourth-order valence-electron chi connectivity index (χ4n) is 2.32. The van der Waals surface area contributed by atoms with E-state index >= 15 is 0 Å². The van der Waals surface area contributed by atoms with Crippen LogP contribution in [0.5, 0.6) is 0 Å². The summed E-state index contributed by atoms with van der Waals surface area (Å²) in [6.07, 6.45) is 3.82. The third-order valence-corrected chi connectivity index (χ3v) is 3.43. The van der Waals surface area contributed by atoms with Crippen LogP contribution in [0, 0.1) is 13.8 Å². The fourth-order valence-corrected chi connectivity index (χ4v) is 2.32. The third kappa shape index (κ3) is 7.97. The number of aryl methyl sites for hydroxylation is 2. The molecule has 0 spiro atoms. The van der Waals surface area contributed by atoms with E-state index in [1.807, 2.05) is 19.9 Å². The summed E-state index contributed by atoms with van der Waals surface area (Å²) in [5.74, 6) is -0.748. The molecule has 6 heteroatoms. The Balaban J connectivity index is 2.26. The standard InChI is InChI=1S/C18H26O6/c1-5-6-7-8-9-15(4)21-18(20)23-24-22-17(19)16-11-13(2)10-14(3)12-16/h10-12,15H,5-9H2,1-4H3. The molecule has 0 bridgehead atoms. The molecule has 1 atom stereocenters. The first-order valence-electron chi connectivity index (χ1n) is 8.26. The van der Waals surface area contributed by atoms with Crippen LogP contribution < -0.4 is 0 Å². The second kappa shape index (κ2) is 10.6. The predicted molar refractivity (Wildman–Crippen MR) is 88.2 cm³/mol. The van der Waals surface area contributed by atoms with E-state index in [0.717, 1.165) is 43.2 Å². The van der Waals surface area contributed by atoms with Crippen LogP contribution in [0.2, 0.25) is 0 Å². The molecule has 6 nitrogen and oxygen atoms in total. The molecule has 0 aromatic heterocycles. The maximum absolute atomic E-state index is 11.8. The number of carbonyl (C=O) groups is 2. The van der Waals surface area contributed by atoms with Crippen molar-refractivity contribution in [3.63, 3.8) is 0 Å². The van der Waals surface area contributed by atoms with E-state index in [2.05, 4.69) is 21.7 Å². The van der Waals surface area contributed by atoms with Crippen molar-refractivity contribution < 1.29 is 29.1 Å². The van der Waals surface area contributed by atoms with Crippen LogP contribution in [0.15, 0.2) is 18.2 Å². The zero-order valence-electron chi connectivity index (χ0n) is 14.8. The SMILES string of the molecule is CCCCCCC(C)OC(=O)OOOC(=O)c1cc(C)cc(C)c1. The molecule has 0 heterocycles. The minimum atomic E-state index is -1.04. The number of rotatable bonds is 9. The van der Waals surface area contributed by atoms with Gasteiger partial charge in [-0.3, -0.25) is 4.89 Å². The van der Waals surface area contributed by atoms with Gasteiger partial charge in [0.15, 0.2) is 0 Å². The van der Waals surface area contributed by atoms with Crippen molar-refractivity contribution in [1.82, 2.24) is 0 Å². The summed E-state index contributed by atoms with van der Waals surface area (Å²) < 4.78 is 4.98. The predicted octanol–water partition coefficient (Wildman–Crippen LogP) is 4.82. The summed E-state index contributed by atoms with van der Waals surface area (Å²) in [4.78, 5) is 31.9. The minimum Gasteiger partial charge on any atom is -0.429 e. The molecule has 0 N–H and O–H groups in total. The maximum Gasteiger partial charge on any atom is 0.543 e. The van der Waals surface area contributed by atoms with Crippen molar-refractivity contribution in [3.8, 4) is 0 Å². The van der Waals surface area contributed by atoms with Gasteiger partial charge in [0.25, 0.3) is 0 Å². The summed E-state index contributed by atoms with van der Waals surface area (Å²) in [5.41, 5.74) is 2.15. The highest BCUT2D eigenvalue weighted by molar-refractivity contribution is 5.89. The van der Waals surface area contributed by atoms with Crippen LogP contribution in [0.3, 0.4) is 0 Å². The Hall–Kier alpha value is -2.08. The Morgan fingerprint density at radius 2 is 1.67 bits per heavy atom. The summed E-state index contributed by atoms with van der Waals surface area (Å²) in [6, 6.07) is 5.22. The largest absolute Gasteiger partial charge is 0.543 e.